The van der Waals surface area contributed by atoms with Gasteiger partial charge in [0.15, 0.2) is 0 Å². The zero-order chi connectivity index (χ0) is 11.8. The van der Waals surface area contributed by atoms with Gasteiger partial charge in [-0.3, -0.25) is 0 Å². The van der Waals surface area contributed by atoms with E-state index in [9.17, 15) is 5.11 Å². The van der Waals surface area contributed by atoms with E-state index in [1.807, 2.05) is 6.20 Å². The standard InChI is InChI=1S/C14H15NOS/c1-9(16)13-8-15-14(17-13)12-7-6-10-4-2-3-5-11(10)12/h2-5,8-9,12,16H,6-7H2,1H3. The fraction of sp³-hybridized carbons (Fsp3) is 0.357. The highest BCUT2D eigenvalue weighted by Crippen LogP contribution is 2.40. The number of nitrogens with zero attached hydrogens (tertiary/aromatic N) is 1. The van der Waals surface area contributed by atoms with Crippen LogP contribution in [0.4, 0.5) is 0 Å². The number of hydrogen-bond acceptors (Lipinski definition) is 3. The topological polar surface area (TPSA) is 33.1 Å². The minimum Gasteiger partial charge on any atom is -0.388 e. The predicted octanol–water partition coefficient (Wildman–Crippen LogP) is 3.27. The number of fused-ring (bicyclic) bond motifs is 1. The Labute approximate surface area is 105 Å². The lowest BCUT2D eigenvalue weighted by Gasteiger charge is -2.07. The van der Waals surface area contributed by atoms with Gasteiger partial charge in [0.2, 0.25) is 0 Å². The van der Waals surface area contributed by atoms with E-state index in [1.54, 1.807) is 18.3 Å². The summed E-state index contributed by atoms with van der Waals surface area (Å²) < 4.78 is 0. The number of aliphatic hydroxyl groups excluding tert-OH is 1. The maximum absolute atomic E-state index is 9.55. The fourth-order valence-electron chi connectivity index (χ4n) is 2.47. The Kier molecular flexibility index (Phi) is 2.73. The Hall–Kier alpha value is -1.19. The van der Waals surface area contributed by atoms with E-state index in [1.165, 1.54) is 11.1 Å². The smallest absolute Gasteiger partial charge is 0.100 e. The summed E-state index contributed by atoms with van der Waals surface area (Å²) in [5.41, 5.74) is 2.87. The first kappa shape index (κ1) is 10.9. The van der Waals surface area contributed by atoms with Crippen LogP contribution in [0.2, 0.25) is 0 Å². The SMILES string of the molecule is CC(O)c1cnc(C2CCc3ccccc32)s1. The van der Waals surface area contributed by atoms with Crippen molar-refractivity contribution in [1.82, 2.24) is 4.98 Å². The molecule has 3 rings (SSSR count). The molecule has 2 atom stereocenters. The van der Waals surface area contributed by atoms with Gasteiger partial charge in [-0.25, -0.2) is 4.98 Å². The number of hydrogen-bond donors (Lipinski definition) is 1. The monoisotopic (exact) mass is 245 g/mol. The molecule has 1 aromatic heterocycles. The van der Waals surface area contributed by atoms with E-state index in [-0.39, 0.29) is 0 Å². The van der Waals surface area contributed by atoms with E-state index >= 15 is 0 Å². The second-order valence-corrected chi connectivity index (χ2v) is 5.66. The summed E-state index contributed by atoms with van der Waals surface area (Å²) in [6, 6.07) is 8.61. The quantitative estimate of drug-likeness (QED) is 0.880. The second kappa shape index (κ2) is 4.24. The molecule has 88 valence electrons. The van der Waals surface area contributed by atoms with Crippen molar-refractivity contribution in [3.63, 3.8) is 0 Å². The van der Waals surface area contributed by atoms with E-state index in [0.717, 1.165) is 22.7 Å². The van der Waals surface area contributed by atoms with Crippen LogP contribution in [0.1, 0.15) is 46.4 Å². The molecular weight excluding hydrogens is 230 g/mol. The molecule has 1 aliphatic rings. The van der Waals surface area contributed by atoms with E-state index in [4.69, 9.17) is 0 Å². The molecule has 2 nitrogen and oxygen atoms in total. The van der Waals surface area contributed by atoms with Gasteiger partial charge < -0.3 is 5.11 Å². The fourth-order valence-corrected chi connectivity index (χ4v) is 3.48. The van der Waals surface area contributed by atoms with Crippen molar-refractivity contribution in [2.45, 2.75) is 31.8 Å². The normalized spacial score (nSPS) is 20.2. The molecular formula is C14H15NOS. The molecule has 2 aromatic rings. The van der Waals surface area contributed by atoms with Gasteiger partial charge in [-0.15, -0.1) is 11.3 Å². The summed E-state index contributed by atoms with van der Waals surface area (Å²) in [7, 11) is 0. The molecule has 3 heteroatoms. The minimum absolute atomic E-state index is 0.405. The molecule has 0 aliphatic heterocycles. The lowest BCUT2D eigenvalue weighted by molar-refractivity contribution is 0.203. The summed E-state index contributed by atoms with van der Waals surface area (Å²) >= 11 is 1.64. The van der Waals surface area contributed by atoms with Gasteiger partial charge >= 0.3 is 0 Å². The van der Waals surface area contributed by atoms with Crippen LogP contribution in [-0.2, 0) is 6.42 Å². The Morgan fingerprint density at radius 3 is 3.00 bits per heavy atom. The first-order valence-corrected chi connectivity index (χ1v) is 6.79. The highest BCUT2D eigenvalue weighted by molar-refractivity contribution is 7.11. The molecule has 0 saturated heterocycles. The van der Waals surface area contributed by atoms with E-state index in [0.29, 0.717) is 5.92 Å². The predicted molar refractivity (Wildman–Crippen MR) is 69.4 cm³/mol. The maximum Gasteiger partial charge on any atom is 0.100 e. The Morgan fingerprint density at radius 1 is 1.41 bits per heavy atom. The minimum atomic E-state index is -0.405. The molecule has 1 aromatic carbocycles. The van der Waals surface area contributed by atoms with Crippen molar-refractivity contribution in [2.24, 2.45) is 0 Å². The Bertz CT molecular complexity index is 533. The number of aryl methyl sites for hydroxylation is 1. The maximum atomic E-state index is 9.55. The van der Waals surface area contributed by atoms with Gasteiger partial charge in [0.25, 0.3) is 0 Å². The average Bonchev–Trinajstić information content (AvgIpc) is 2.95. The summed E-state index contributed by atoms with van der Waals surface area (Å²) in [5.74, 6) is 0.434. The molecule has 0 fully saturated rings. The number of aliphatic hydroxyl groups is 1. The molecule has 0 amide bonds. The third-order valence-corrected chi connectivity index (χ3v) is 4.67. The van der Waals surface area contributed by atoms with Crippen LogP contribution in [0.5, 0.6) is 0 Å². The third-order valence-electron chi connectivity index (χ3n) is 3.38. The molecule has 17 heavy (non-hydrogen) atoms. The summed E-state index contributed by atoms with van der Waals surface area (Å²) in [4.78, 5) is 5.44. The molecule has 0 saturated carbocycles. The van der Waals surface area contributed by atoms with Gasteiger partial charge in [0, 0.05) is 12.1 Å². The highest BCUT2D eigenvalue weighted by Gasteiger charge is 2.26. The molecule has 0 radical (unpaired) electrons. The zero-order valence-corrected chi connectivity index (χ0v) is 10.6. The largest absolute Gasteiger partial charge is 0.388 e. The average molecular weight is 245 g/mol. The molecule has 1 aliphatic carbocycles. The summed E-state index contributed by atoms with van der Waals surface area (Å²) in [6.45, 7) is 1.79. The van der Waals surface area contributed by atoms with Gasteiger partial charge in [0.1, 0.15) is 5.01 Å². The van der Waals surface area contributed by atoms with Crippen molar-refractivity contribution in [3.8, 4) is 0 Å². The Morgan fingerprint density at radius 2 is 2.24 bits per heavy atom. The number of aromatic nitrogens is 1. The van der Waals surface area contributed by atoms with E-state index in [2.05, 4.69) is 29.2 Å². The molecule has 1 heterocycles. The number of rotatable bonds is 2. The van der Waals surface area contributed by atoms with Gasteiger partial charge in [0.05, 0.1) is 11.0 Å². The first-order valence-electron chi connectivity index (χ1n) is 5.97. The van der Waals surface area contributed by atoms with Crippen molar-refractivity contribution in [2.75, 3.05) is 0 Å². The Balaban J connectivity index is 1.95. The lowest BCUT2D eigenvalue weighted by atomic mass is 10.0. The van der Waals surface area contributed by atoms with E-state index < -0.39 is 6.10 Å². The van der Waals surface area contributed by atoms with Crippen LogP contribution >= 0.6 is 11.3 Å². The van der Waals surface area contributed by atoms with Crippen molar-refractivity contribution < 1.29 is 5.11 Å². The van der Waals surface area contributed by atoms with Gasteiger partial charge in [-0.1, -0.05) is 24.3 Å². The van der Waals surface area contributed by atoms with Gasteiger partial charge in [-0.05, 0) is 30.9 Å². The number of thiazole rings is 1. The molecule has 1 N–H and O–H groups in total. The first-order chi connectivity index (χ1) is 8.25. The highest BCUT2D eigenvalue weighted by atomic mass is 32.1. The van der Waals surface area contributed by atoms with Gasteiger partial charge in [-0.2, -0.15) is 0 Å². The van der Waals surface area contributed by atoms with Crippen LogP contribution in [0.15, 0.2) is 30.5 Å². The number of benzene rings is 1. The second-order valence-electron chi connectivity index (χ2n) is 4.57. The lowest BCUT2D eigenvalue weighted by Crippen LogP contribution is -1.94. The summed E-state index contributed by atoms with van der Waals surface area (Å²) in [6.07, 6.45) is 3.69. The third kappa shape index (κ3) is 1.90. The molecule has 2 unspecified atom stereocenters. The van der Waals surface area contributed by atoms with Crippen LogP contribution in [0.25, 0.3) is 0 Å². The van der Waals surface area contributed by atoms with Crippen LogP contribution in [-0.4, -0.2) is 10.1 Å². The van der Waals surface area contributed by atoms with Crippen molar-refractivity contribution in [1.29, 1.82) is 0 Å². The van der Waals surface area contributed by atoms with Crippen molar-refractivity contribution in [3.05, 3.63) is 51.5 Å². The van der Waals surface area contributed by atoms with Crippen LogP contribution in [0.3, 0.4) is 0 Å². The van der Waals surface area contributed by atoms with Crippen LogP contribution < -0.4 is 0 Å². The van der Waals surface area contributed by atoms with Crippen LogP contribution in [0, 0.1) is 0 Å². The molecule has 0 spiro atoms. The summed E-state index contributed by atoms with van der Waals surface area (Å²) in [5, 5.41) is 10.7. The van der Waals surface area contributed by atoms with Crippen molar-refractivity contribution >= 4 is 11.3 Å². The molecule has 0 bridgehead atoms. The zero-order valence-electron chi connectivity index (χ0n) is 9.76.